The number of phenolic OH excluding ortho intramolecular Hbond substituents is 1. The average Bonchev–Trinajstić information content (AvgIpc) is 2.88. The summed E-state index contributed by atoms with van der Waals surface area (Å²) in [6, 6.07) is 11.2. The maximum atomic E-state index is 12.3. The number of hydrogen-bond acceptors (Lipinski definition) is 4. The van der Waals surface area contributed by atoms with E-state index in [4.69, 9.17) is 4.74 Å². The molecule has 0 saturated heterocycles. The van der Waals surface area contributed by atoms with Crippen molar-refractivity contribution in [2.75, 3.05) is 19.7 Å². The van der Waals surface area contributed by atoms with E-state index in [1.807, 2.05) is 24.3 Å². The van der Waals surface area contributed by atoms with Gasteiger partial charge >= 0.3 is 0 Å². The number of nitrogens with one attached hydrogen (secondary N) is 2. The van der Waals surface area contributed by atoms with Gasteiger partial charge in [0.15, 0.2) is 11.5 Å². The van der Waals surface area contributed by atoms with Gasteiger partial charge in [-0.25, -0.2) is 0 Å². The highest BCUT2D eigenvalue weighted by Gasteiger charge is 2.16. The third-order valence-electron chi connectivity index (χ3n) is 4.26. The second-order valence-electron chi connectivity index (χ2n) is 6.20. The highest BCUT2D eigenvalue weighted by molar-refractivity contribution is 5.95. The molecule has 5 nitrogen and oxygen atoms in total. The van der Waals surface area contributed by atoms with Gasteiger partial charge in [0, 0.05) is 30.8 Å². The number of unbranched alkanes of at least 4 members (excludes halogenated alkanes) is 1. The minimum absolute atomic E-state index is 0.0701. The van der Waals surface area contributed by atoms with Crippen LogP contribution in [0.2, 0.25) is 0 Å². The number of rotatable bonds is 5. The Morgan fingerprint density at radius 1 is 1.28 bits per heavy atom. The molecule has 0 fully saturated rings. The summed E-state index contributed by atoms with van der Waals surface area (Å²) in [4.78, 5) is 12.3. The molecule has 5 heteroatoms. The molecule has 132 valence electrons. The molecule has 1 aliphatic heterocycles. The van der Waals surface area contributed by atoms with Gasteiger partial charge in [0.25, 0.3) is 5.91 Å². The van der Waals surface area contributed by atoms with Gasteiger partial charge in [0.05, 0.1) is 0 Å². The normalized spacial score (nSPS) is 13.5. The fourth-order valence-corrected chi connectivity index (χ4v) is 2.91. The highest BCUT2D eigenvalue weighted by atomic mass is 16.5. The lowest BCUT2D eigenvalue weighted by Gasteiger charge is -2.12. The van der Waals surface area contributed by atoms with E-state index in [2.05, 4.69) is 17.6 Å². The smallest absolute Gasteiger partial charge is 0.251 e. The zero-order valence-electron chi connectivity index (χ0n) is 14.5. The fraction of sp³-hybridized carbons (Fsp3) is 0.350. The van der Waals surface area contributed by atoms with Crippen LogP contribution in [-0.2, 0) is 6.54 Å². The average molecular weight is 340 g/mol. The van der Waals surface area contributed by atoms with Crippen LogP contribution in [0.3, 0.4) is 0 Å². The molecule has 0 bridgehead atoms. The van der Waals surface area contributed by atoms with E-state index in [0.29, 0.717) is 31.0 Å². The number of hydrogen-bond donors (Lipinski definition) is 3. The second kappa shape index (κ2) is 8.03. The summed E-state index contributed by atoms with van der Waals surface area (Å²) in [5, 5.41) is 16.5. The van der Waals surface area contributed by atoms with Crippen LogP contribution >= 0.6 is 0 Å². The molecule has 0 unspecified atom stereocenters. The van der Waals surface area contributed by atoms with Crippen molar-refractivity contribution in [1.82, 2.24) is 10.6 Å². The summed E-state index contributed by atoms with van der Waals surface area (Å²) in [6.45, 7) is 4.70. The molecule has 0 radical (unpaired) electrons. The van der Waals surface area contributed by atoms with Crippen molar-refractivity contribution in [3.05, 3.63) is 47.5 Å². The first-order valence-electron chi connectivity index (χ1n) is 8.77. The maximum Gasteiger partial charge on any atom is 0.251 e. The Labute approximate surface area is 148 Å². The molecule has 0 spiro atoms. The molecule has 25 heavy (non-hydrogen) atoms. The molecule has 3 rings (SSSR count). The summed E-state index contributed by atoms with van der Waals surface area (Å²) < 4.78 is 5.61. The summed E-state index contributed by atoms with van der Waals surface area (Å²) in [5.41, 5.74) is 3.31. The van der Waals surface area contributed by atoms with Crippen LogP contribution in [0.1, 0.15) is 35.7 Å². The SMILES string of the molecule is CCCCNC(=O)c1cccc(-c2cc(O)c3c(c2)CNCCO3)c1. The molecule has 1 amide bonds. The number of aromatic hydroxyl groups is 1. The second-order valence-corrected chi connectivity index (χ2v) is 6.20. The van der Waals surface area contributed by atoms with Gasteiger partial charge in [-0.05, 0) is 41.8 Å². The van der Waals surface area contributed by atoms with Crippen LogP contribution in [0.25, 0.3) is 11.1 Å². The predicted molar refractivity (Wildman–Crippen MR) is 98.0 cm³/mol. The van der Waals surface area contributed by atoms with E-state index in [9.17, 15) is 9.90 Å². The van der Waals surface area contributed by atoms with Crippen molar-refractivity contribution >= 4 is 5.91 Å². The molecule has 0 atom stereocenters. The minimum Gasteiger partial charge on any atom is -0.504 e. The number of ether oxygens (including phenoxy) is 1. The lowest BCUT2D eigenvalue weighted by molar-refractivity contribution is 0.0953. The first-order valence-corrected chi connectivity index (χ1v) is 8.77. The molecule has 3 N–H and O–H groups in total. The molecule has 1 aliphatic rings. The highest BCUT2D eigenvalue weighted by Crippen LogP contribution is 2.36. The maximum absolute atomic E-state index is 12.3. The van der Waals surface area contributed by atoms with Crippen molar-refractivity contribution in [2.45, 2.75) is 26.3 Å². The number of benzene rings is 2. The third-order valence-corrected chi connectivity index (χ3v) is 4.26. The van der Waals surface area contributed by atoms with Gasteiger partial charge in [-0.2, -0.15) is 0 Å². The summed E-state index contributed by atoms with van der Waals surface area (Å²) >= 11 is 0. The van der Waals surface area contributed by atoms with Gasteiger partial charge in [-0.1, -0.05) is 25.5 Å². The number of fused-ring (bicyclic) bond motifs is 1. The van der Waals surface area contributed by atoms with Crippen LogP contribution in [0.15, 0.2) is 36.4 Å². The molecule has 1 heterocycles. The minimum atomic E-state index is -0.0701. The van der Waals surface area contributed by atoms with Gasteiger partial charge < -0.3 is 20.5 Å². The zero-order valence-corrected chi connectivity index (χ0v) is 14.5. The van der Waals surface area contributed by atoms with Crippen molar-refractivity contribution in [2.24, 2.45) is 0 Å². The van der Waals surface area contributed by atoms with Gasteiger partial charge in [0.2, 0.25) is 0 Å². The van der Waals surface area contributed by atoms with Crippen LogP contribution < -0.4 is 15.4 Å². The third kappa shape index (κ3) is 4.12. The Kier molecular flexibility index (Phi) is 5.56. The number of amides is 1. The van der Waals surface area contributed by atoms with Gasteiger partial charge in [0.1, 0.15) is 6.61 Å². The first kappa shape index (κ1) is 17.3. The molecule has 0 aromatic heterocycles. The van der Waals surface area contributed by atoms with Crippen LogP contribution in [0, 0.1) is 0 Å². The molecular weight excluding hydrogens is 316 g/mol. The largest absolute Gasteiger partial charge is 0.504 e. The molecule has 2 aromatic rings. The van der Waals surface area contributed by atoms with Crippen molar-refractivity contribution in [3.8, 4) is 22.6 Å². The standard InChI is InChI=1S/C20H24N2O3/c1-2-3-7-22-20(24)15-6-4-5-14(10-15)16-11-17-13-21-8-9-25-19(17)18(23)12-16/h4-6,10-12,21,23H,2-3,7-9,13H2,1H3,(H,22,24). The molecular formula is C20H24N2O3. The lowest BCUT2D eigenvalue weighted by Crippen LogP contribution is -2.24. The van der Waals surface area contributed by atoms with E-state index in [1.165, 1.54) is 0 Å². The van der Waals surface area contributed by atoms with Crippen molar-refractivity contribution in [3.63, 3.8) is 0 Å². The zero-order chi connectivity index (χ0) is 17.6. The van der Waals surface area contributed by atoms with Crippen molar-refractivity contribution < 1.29 is 14.6 Å². The molecule has 2 aromatic carbocycles. The summed E-state index contributed by atoms with van der Waals surface area (Å²) in [6.07, 6.45) is 2.02. The van der Waals surface area contributed by atoms with Gasteiger partial charge in [-0.15, -0.1) is 0 Å². The number of carbonyl (C=O) groups excluding carboxylic acids is 1. The number of phenols is 1. The van der Waals surface area contributed by atoms with Crippen LogP contribution in [-0.4, -0.2) is 30.7 Å². The van der Waals surface area contributed by atoms with Crippen molar-refractivity contribution in [1.29, 1.82) is 0 Å². The lowest BCUT2D eigenvalue weighted by atomic mass is 9.99. The van der Waals surface area contributed by atoms with E-state index in [0.717, 1.165) is 36.1 Å². The van der Waals surface area contributed by atoms with E-state index in [-0.39, 0.29) is 11.7 Å². The van der Waals surface area contributed by atoms with Crippen LogP contribution in [0.5, 0.6) is 11.5 Å². The topological polar surface area (TPSA) is 70.6 Å². The van der Waals surface area contributed by atoms with Gasteiger partial charge in [-0.3, -0.25) is 4.79 Å². The monoisotopic (exact) mass is 340 g/mol. The Bertz CT molecular complexity index is 759. The van der Waals surface area contributed by atoms with Crippen LogP contribution in [0.4, 0.5) is 0 Å². The Morgan fingerprint density at radius 3 is 3.00 bits per heavy atom. The molecule has 0 aliphatic carbocycles. The predicted octanol–water partition coefficient (Wildman–Crippen LogP) is 3.07. The van der Waals surface area contributed by atoms with E-state index in [1.54, 1.807) is 12.1 Å². The summed E-state index contributed by atoms with van der Waals surface area (Å²) in [5.74, 6) is 0.607. The Morgan fingerprint density at radius 2 is 2.16 bits per heavy atom. The Balaban J connectivity index is 1.87. The first-order chi connectivity index (χ1) is 12.2. The fourth-order valence-electron chi connectivity index (χ4n) is 2.91. The Hall–Kier alpha value is -2.53. The van der Waals surface area contributed by atoms with E-state index < -0.39 is 0 Å². The summed E-state index contributed by atoms with van der Waals surface area (Å²) in [7, 11) is 0. The number of carbonyl (C=O) groups is 1. The quantitative estimate of drug-likeness (QED) is 0.732. The van der Waals surface area contributed by atoms with E-state index >= 15 is 0 Å². The molecule has 0 saturated carbocycles.